The first-order chi connectivity index (χ1) is 9.04. The van der Waals surface area contributed by atoms with E-state index in [9.17, 15) is 9.59 Å². The first kappa shape index (κ1) is 13.2. The van der Waals surface area contributed by atoms with Gasteiger partial charge in [-0.2, -0.15) is 0 Å². The number of anilines is 2. The first-order valence-corrected chi connectivity index (χ1v) is 6.07. The molecule has 0 radical (unpaired) electrons. The molecular formula is C13H16N2O4. The molecule has 102 valence electrons. The van der Waals surface area contributed by atoms with Gasteiger partial charge in [0.25, 0.3) is 5.91 Å². The van der Waals surface area contributed by atoms with Gasteiger partial charge in [-0.1, -0.05) is 6.92 Å². The molecule has 6 nitrogen and oxygen atoms in total. The molecule has 6 heteroatoms. The number of hydrogen-bond donors (Lipinski definition) is 3. The molecule has 1 unspecified atom stereocenters. The van der Waals surface area contributed by atoms with E-state index in [2.05, 4.69) is 10.6 Å². The van der Waals surface area contributed by atoms with Crippen LogP contribution in [0.5, 0.6) is 5.75 Å². The number of carbonyl (C=O) groups excluding carboxylic acids is 1. The number of carboxylic acid groups (broad SMARTS) is 1. The molecule has 1 atom stereocenters. The molecule has 0 saturated carbocycles. The van der Waals surface area contributed by atoms with Gasteiger partial charge in [-0.05, 0) is 24.1 Å². The number of rotatable bonds is 5. The molecule has 0 spiro atoms. The number of carboxylic acids is 1. The predicted octanol–water partition coefficient (Wildman–Crippen LogP) is 1.54. The summed E-state index contributed by atoms with van der Waals surface area (Å²) in [5.41, 5.74) is 1.45. The minimum Gasteiger partial charge on any atom is -0.482 e. The SMILES string of the molecule is CC(CNc1ccc2c(c1)NC(=O)CO2)CC(=O)O. The predicted molar refractivity (Wildman–Crippen MR) is 70.5 cm³/mol. The zero-order valence-corrected chi connectivity index (χ0v) is 10.6. The summed E-state index contributed by atoms with van der Waals surface area (Å²) in [7, 11) is 0. The maximum atomic E-state index is 11.2. The summed E-state index contributed by atoms with van der Waals surface area (Å²) in [4.78, 5) is 21.8. The zero-order chi connectivity index (χ0) is 13.8. The Morgan fingerprint density at radius 1 is 1.58 bits per heavy atom. The Hall–Kier alpha value is -2.24. The second-order valence-electron chi connectivity index (χ2n) is 4.63. The minimum atomic E-state index is -0.805. The van der Waals surface area contributed by atoms with E-state index < -0.39 is 5.97 Å². The van der Waals surface area contributed by atoms with Crippen LogP contribution in [0.3, 0.4) is 0 Å². The molecule has 0 bridgehead atoms. The van der Waals surface area contributed by atoms with Crippen molar-refractivity contribution in [2.45, 2.75) is 13.3 Å². The van der Waals surface area contributed by atoms with Gasteiger partial charge in [-0.25, -0.2) is 0 Å². The summed E-state index contributed by atoms with van der Waals surface area (Å²) in [6, 6.07) is 5.39. The smallest absolute Gasteiger partial charge is 0.303 e. The maximum absolute atomic E-state index is 11.2. The average molecular weight is 264 g/mol. The molecule has 2 rings (SSSR count). The Kier molecular flexibility index (Phi) is 3.89. The van der Waals surface area contributed by atoms with E-state index >= 15 is 0 Å². The van der Waals surface area contributed by atoms with Crippen molar-refractivity contribution < 1.29 is 19.4 Å². The molecule has 3 N–H and O–H groups in total. The summed E-state index contributed by atoms with van der Waals surface area (Å²) in [6.07, 6.45) is 0.123. The lowest BCUT2D eigenvalue weighted by atomic mass is 10.1. The van der Waals surface area contributed by atoms with Crippen LogP contribution < -0.4 is 15.4 Å². The van der Waals surface area contributed by atoms with E-state index in [1.54, 1.807) is 12.1 Å². The fourth-order valence-electron chi connectivity index (χ4n) is 1.86. The number of hydrogen-bond acceptors (Lipinski definition) is 4. The number of aliphatic carboxylic acids is 1. The maximum Gasteiger partial charge on any atom is 0.303 e. The minimum absolute atomic E-state index is 0.0272. The van der Waals surface area contributed by atoms with Gasteiger partial charge in [0.2, 0.25) is 0 Å². The van der Waals surface area contributed by atoms with Crippen LogP contribution in [0.1, 0.15) is 13.3 Å². The lowest BCUT2D eigenvalue weighted by Gasteiger charge is -2.19. The van der Waals surface area contributed by atoms with E-state index in [-0.39, 0.29) is 24.9 Å². The summed E-state index contributed by atoms with van der Waals surface area (Å²) in [5.74, 6) is -0.313. The number of amides is 1. The molecule has 1 heterocycles. The van der Waals surface area contributed by atoms with Gasteiger partial charge >= 0.3 is 5.97 Å². The van der Waals surface area contributed by atoms with Crippen LogP contribution in [0.25, 0.3) is 0 Å². The highest BCUT2D eigenvalue weighted by Crippen LogP contribution is 2.30. The van der Waals surface area contributed by atoms with Crippen molar-refractivity contribution in [3.05, 3.63) is 18.2 Å². The zero-order valence-electron chi connectivity index (χ0n) is 10.6. The third-order valence-electron chi connectivity index (χ3n) is 2.79. The van der Waals surface area contributed by atoms with Crippen LogP contribution in [0, 0.1) is 5.92 Å². The molecule has 0 fully saturated rings. The second-order valence-corrected chi connectivity index (χ2v) is 4.63. The third kappa shape index (κ3) is 3.61. The quantitative estimate of drug-likeness (QED) is 0.750. The van der Waals surface area contributed by atoms with Crippen molar-refractivity contribution in [2.75, 3.05) is 23.8 Å². The monoisotopic (exact) mass is 264 g/mol. The fraction of sp³-hybridized carbons (Fsp3) is 0.385. The van der Waals surface area contributed by atoms with Crippen molar-refractivity contribution in [3.8, 4) is 5.75 Å². The third-order valence-corrected chi connectivity index (χ3v) is 2.79. The van der Waals surface area contributed by atoms with E-state index in [4.69, 9.17) is 9.84 Å². The van der Waals surface area contributed by atoms with Gasteiger partial charge < -0.3 is 20.5 Å². The molecule has 0 saturated heterocycles. The van der Waals surface area contributed by atoms with E-state index in [0.717, 1.165) is 5.69 Å². The molecule has 0 aliphatic carbocycles. The number of nitrogens with one attached hydrogen (secondary N) is 2. The van der Waals surface area contributed by atoms with Crippen molar-refractivity contribution in [1.82, 2.24) is 0 Å². The lowest BCUT2D eigenvalue weighted by molar-refractivity contribution is -0.137. The Morgan fingerprint density at radius 2 is 2.37 bits per heavy atom. The van der Waals surface area contributed by atoms with Crippen LogP contribution in [-0.4, -0.2) is 30.1 Å². The van der Waals surface area contributed by atoms with Gasteiger partial charge in [0, 0.05) is 18.7 Å². The number of benzene rings is 1. The topological polar surface area (TPSA) is 87.7 Å². The number of ether oxygens (including phenoxy) is 1. The Morgan fingerprint density at radius 3 is 3.11 bits per heavy atom. The van der Waals surface area contributed by atoms with Gasteiger partial charge in [0.15, 0.2) is 6.61 Å². The van der Waals surface area contributed by atoms with Crippen molar-refractivity contribution in [3.63, 3.8) is 0 Å². The van der Waals surface area contributed by atoms with Crippen LogP contribution in [0.4, 0.5) is 11.4 Å². The van der Waals surface area contributed by atoms with Crippen molar-refractivity contribution in [2.24, 2.45) is 5.92 Å². The summed E-state index contributed by atoms with van der Waals surface area (Å²) in [5, 5.41) is 14.5. The largest absolute Gasteiger partial charge is 0.482 e. The molecule has 19 heavy (non-hydrogen) atoms. The summed E-state index contributed by atoms with van der Waals surface area (Å²) >= 11 is 0. The first-order valence-electron chi connectivity index (χ1n) is 6.07. The second kappa shape index (κ2) is 5.60. The molecule has 1 aromatic rings. The van der Waals surface area contributed by atoms with Crippen LogP contribution in [0.15, 0.2) is 18.2 Å². The van der Waals surface area contributed by atoms with Crippen LogP contribution in [0.2, 0.25) is 0 Å². The van der Waals surface area contributed by atoms with E-state index in [1.807, 2.05) is 13.0 Å². The highest BCUT2D eigenvalue weighted by atomic mass is 16.5. The Bertz CT molecular complexity index is 501. The fourth-order valence-corrected chi connectivity index (χ4v) is 1.86. The van der Waals surface area contributed by atoms with Gasteiger partial charge in [0.05, 0.1) is 5.69 Å². The Balaban J connectivity index is 1.96. The summed E-state index contributed by atoms with van der Waals surface area (Å²) in [6.45, 7) is 2.46. The van der Waals surface area contributed by atoms with Gasteiger partial charge in [-0.3, -0.25) is 9.59 Å². The van der Waals surface area contributed by atoms with E-state index in [0.29, 0.717) is 18.0 Å². The standard InChI is InChI=1S/C13H16N2O4/c1-8(4-13(17)18)6-14-9-2-3-11-10(5-9)15-12(16)7-19-11/h2-3,5,8,14H,4,6-7H2,1H3,(H,15,16)(H,17,18). The molecular weight excluding hydrogens is 248 g/mol. The van der Waals surface area contributed by atoms with Crippen LogP contribution >= 0.6 is 0 Å². The van der Waals surface area contributed by atoms with Gasteiger partial charge in [-0.15, -0.1) is 0 Å². The molecule has 1 aromatic carbocycles. The Labute approximate surface area is 110 Å². The normalized spacial score (nSPS) is 14.9. The molecule has 1 aliphatic rings. The average Bonchev–Trinajstić information content (AvgIpc) is 2.35. The number of carbonyl (C=O) groups is 2. The van der Waals surface area contributed by atoms with Crippen LogP contribution in [-0.2, 0) is 9.59 Å². The molecule has 0 aromatic heterocycles. The molecule has 1 amide bonds. The van der Waals surface area contributed by atoms with Crippen molar-refractivity contribution >= 4 is 23.3 Å². The van der Waals surface area contributed by atoms with Gasteiger partial charge in [0.1, 0.15) is 5.75 Å². The lowest BCUT2D eigenvalue weighted by Crippen LogP contribution is -2.25. The summed E-state index contributed by atoms with van der Waals surface area (Å²) < 4.78 is 5.25. The number of fused-ring (bicyclic) bond motifs is 1. The molecule has 1 aliphatic heterocycles. The highest BCUT2D eigenvalue weighted by molar-refractivity contribution is 5.96. The highest BCUT2D eigenvalue weighted by Gasteiger charge is 2.16. The van der Waals surface area contributed by atoms with Crippen molar-refractivity contribution in [1.29, 1.82) is 0 Å². The van der Waals surface area contributed by atoms with E-state index in [1.165, 1.54) is 0 Å².